The zero-order valence-corrected chi connectivity index (χ0v) is 13.7. The van der Waals surface area contributed by atoms with E-state index in [1.54, 1.807) is 0 Å². The van der Waals surface area contributed by atoms with E-state index in [0.717, 1.165) is 38.8 Å². The van der Waals surface area contributed by atoms with Gasteiger partial charge in [-0.15, -0.1) is 0 Å². The number of benzene rings is 1. The summed E-state index contributed by atoms with van der Waals surface area (Å²) in [6.07, 6.45) is 9.96. The van der Waals surface area contributed by atoms with Crippen molar-refractivity contribution in [2.24, 2.45) is 5.92 Å². The molecule has 3 heteroatoms. The van der Waals surface area contributed by atoms with Crippen molar-refractivity contribution in [3.63, 3.8) is 0 Å². The number of rotatable bonds is 4. The minimum absolute atomic E-state index is 0.849. The topological polar surface area (TPSA) is 24.5 Å². The Morgan fingerprint density at radius 3 is 2.23 bits per heavy atom. The molecule has 0 radical (unpaired) electrons. The number of nitrogens with zero attached hydrogens (tertiary/aromatic N) is 1. The van der Waals surface area contributed by atoms with Crippen molar-refractivity contribution in [1.82, 2.24) is 0 Å². The Hall–Kier alpha value is -1.22. The SMILES string of the molecule is c1cc(N2CCOCC2)ccc1NCC1CCCCCCC1. The number of hydrogen-bond donors (Lipinski definition) is 1. The van der Waals surface area contributed by atoms with Crippen molar-refractivity contribution < 1.29 is 4.74 Å². The lowest BCUT2D eigenvalue weighted by Gasteiger charge is -2.29. The van der Waals surface area contributed by atoms with Crippen LogP contribution in [0.5, 0.6) is 0 Å². The van der Waals surface area contributed by atoms with Gasteiger partial charge in [0.25, 0.3) is 0 Å². The molecular formula is C19H30N2O. The molecule has 2 fully saturated rings. The first-order chi connectivity index (χ1) is 10.9. The number of nitrogens with one attached hydrogen (secondary N) is 1. The molecule has 0 atom stereocenters. The van der Waals surface area contributed by atoms with E-state index in [1.165, 1.54) is 56.3 Å². The largest absolute Gasteiger partial charge is 0.385 e. The fraction of sp³-hybridized carbons (Fsp3) is 0.684. The summed E-state index contributed by atoms with van der Waals surface area (Å²) in [4.78, 5) is 2.40. The summed E-state index contributed by atoms with van der Waals surface area (Å²) in [6.45, 7) is 4.85. The standard InChI is InChI=1S/C19H30N2O/c1-2-4-6-17(7-5-3-1)16-20-18-8-10-19(11-9-18)21-12-14-22-15-13-21/h8-11,17,20H,1-7,12-16H2. The van der Waals surface area contributed by atoms with Gasteiger partial charge in [0.1, 0.15) is 0 Å². The van der Waals surface area contributed by atoms with Gasteiger partial charge < -0.3 is 15.0 Å². The number of ether oxygens (including phenoxy) is 1. The molecule has 1 saturated carbocycles. The molecule has 1 aliphatic heterocycles. The van der Waals surface area contributed by atoms with E-state index >= 15 is 0 Å². The molecule has 0 unspecified atom stereocenters. The van der Waals surface area contributed by atoms with Crippen LogP contribution < -0.4 is 10.2 Å². The summed E-state index contributed by atoms with van der Waals surface area (Å²) in [5, 5.41) is 3.65. The van der Waals surface area contributed by atoms with Crippen molar-refractivity contribution in [3.05, 3.63) is 24.3 Å². The fourth-order valence-corrected chi connectivity index (χ4v) is 3.62. The molecule has 1 aromatic rings. The summed E-state index contributed by atoms with van der Waals surface area (Å²) in [5.41, 5.74) is 2.58. The maximum absolute atomic E-state index is 5.42. The second-order valence-corrected chi connectivity index (χ2v) is 6.74. The Morgan fingerprint density at radius 2 is 1.55 bits per heavy atom. The second-order valence-electron chi connectivity index (χ2n) is 6.74. The molecule has 122 valence electrons. The molecule has 2 aliphatic rings. The van der Waals surface area contributed by atoms with Crippen molar-refractivity contribution in [1.29, 1.82) is 0 Å². The molecule has 3 nitrogen and oxygen atoms in total. The van der Waals surface area contributed by atoms with E-state index in [1.807, 2.05) is 0 Å². The van der Waals surface area contributed by atoms with Crippen molar-refractivity contribution in [3.8, 4) is 0 Å². The minimum Gasteiger partial charge on any atom is -0.385 e. The maximum Gasteiger partial charge on any atom is 0.0642 e. The van der Waals surface area contributed by atoms with Crippen LogP contribution in [0.4, 0.5) is 11.4 Å². The Balaban J connectivity index is 1.47. The van der Waals surface area contributed by atoms with Gasteiger partial charge in [0.05, 0.1) is 13.2 Å². The first-order valence-electron chi connectivity index (χ1n) is 9.08. The Labute approximate surface area is 135 Å². The van der Waals surface area contributed by atoms with Crippen molar-refractivity contribution in [2.45, 2.75) is 44.9 Å². The first-order valence-corrected chi connectivity index (χ1v) is 9.08. The van der Waals surface area contributed by atoms with E-state index in [4.69, 9.17) is 4.74 Å². The molecule has 0 amide bonds. The fourth-order valence-electron chi connectivity index (χ4n) is 3.62. The normalized spacial score (nSPS) is 21.2. The minimum atomic E-state index is 0.849. The quantitative estimate of drug-likeness (QED) is 0.897. The van der Waals surface area contributed by atoms with Crippen LogP contribution in [-0.2, 0) is 4.74 Å². The third-order valence-electron chi connectivity index (χ3n) is 5.06. The average molecular weight is 302 g/mol. The van der Waals surface area contributed by atoms with Crippen LogP contribution in [0.3, 0.4) is 0 Å². The smallest absolute Gasteiger partial charge is 0.0642 e. The van der Waals surface area contributed by atoms with Gasteiger partial charge in [-0.2, -0.15) is 0 Å². The predicted octanol–water partition coefficient (Wildman–Crippen LogP) is 4.30. The monoisotopic (exact) mass is 302 g/mol. The van der Waals surface area contributed by atoms with Crippen LogP contribution in [0.1, 0.15) is 44.9 Å². The molecule has 1 aromatic carbocycles. The van der Waals surface area contributed by atoms with Crippen LogP contribution in [0, 0.1) is 5.92 Å². The van der Waals surface area contributed by atoms with E-state index < -0.39 is 0 Å². The van der Waals surface area contributed by atoms with Crippen LogP contribution in [-0.4, -0.2) is 32.8 Å². The highest BCUT2D eigenvalue weighted by Crippen LogP contribution is 2.24. The molecule has 1 N–H and O–H groups in total. The molecule has 0 aromatic heterocycles. The zero-order chi connectivity index (χ0) is 15.0. The van der Waals surface area contributed by atoms with Crippen LogP contribution in [0.2, 0.25) is 0 Å². The zero-order valence-electron chi connectivity index (χ0n) is 13.7. The number of hydrogen-bond acceptors (Lipinski definition) is 3. The van der Waals surface area contributed by atoms with Gasteiger partial charge in [0.2, 0.25) is 0 Å². The van der Waals surface area contributed by atoms with Crippen molar-refractivity contribution in [2.75, 3.05) is 43.1 Å². The van der Waals surface area contributed by atoms with Gasteiger partial charge in [0.15, 0.2) is 0 Å². The van der Waals surface area contributed by atoms with Gasteiger partial charge in [-0.1, -0.05) is 32.1 Å². The highest BCUT2D eigenvalue weighted by Gasteiger charge is 2.12. The van der Waals surface area contributed by atoms with Crippen LogP contribution >= 0.6 is 0 Å². The lowest BCUT2D eigenvalue weighted by atomic mass is 9.91. The van der Waals surface area contributed by atoms with Gasteiger partial charge >= 0.3 is 0 Å². The highest BCUT2D eigenvalue weighted by atomic mass is 16.5. The Kier molecular flexibility index (Phi) is 6.00. The second kappa shape index (κ2) is 8.42. The van der Waals surface area contributed by atoms with Crippen LogP contribution in [0.25, 0.3) is 0 Å². The van der Waals surface area contributed by atoms with Gasteiger partial charge in [-0.05, 0) is 43.0 Å². The maximum atomic E-state index is 5.42. The van der Waals surface area contributed by atoms with Crippen LogP contribution in [0.15, 0.2) is 24.3 Å². The van der Waals surface area contributed by atoms with Gasteiger partial charge in [0, 0.05) is 31.0 Å². The number of morpholine rings is 1. The highest BCUT2D eigenvalue weighted by molar-refractivity contribution is 5.55. The van der Waals surface area contributed by atoms with Gasteiger partial charge in [-0.3, -0.25) is 0 Å². The molecule has 3 rings (SSSR count). The van der Waals surface area contributed by atoms with Gasteiger partial charge in [-0.25, -0.2) is 0 Å². The Bertz CT molecular complexity index is 418. The predicted molar refractivity (Wildman–Crippen MR) is 93.8 cm³/mol. The molecular weight excluding hydrogens is 272 g/mol. The van der Waals surface area contributed by atoms with E-state index in [0.29, 0.717) is 0 Å². The summed E-state index contributed by atoms with van der Waals surface area (Å²) < 4.78 is 5.42. The molecule has 0 bridgehead atoms. The third-order valence-corrected chi connectivity index (χ3v) is 5.06. The summed E-state index contributed by atoms with van der Waals surface area (Å²) in [5.74, 6) is 0.860. The van der Waals surface area contributed by atoms with E-state index in [-0.39, 0.29) is 0 Å². The molecule has 22 heavy (non-hydrogen) atoms. The van der Waals surface area contributed by atoms with E-state index in [2.05, 4.69) is 34.5 Å². The lowest BCUT2D eigenvalue weighted by molar-refractivity contribution is 0.122. The number of anilines is 2. The summed E-state index contributed by atoms with van der Waals surface area (Å²) in [6, 6.07) is 8.94. The average Bonchev–Trinajstić information content (AvgIpc) is 2.55. The molecule has 0 spiro atoms. The van der Waals surface area contributed by atoms with E-state index in [9.17, 15) is 0 Å². The molecule has 1 aliphatic carbocycles. The molecule has 1 heterocycles. The third kappa shape index (κ3) is 4.64. The lowest BCUT2D eigenvalue weighted by Crippen LogP contribution is -2.36. The first kappa shape index (κ1) is 15.7. The summed E-state index contributed by atoms with van der Waals surface area (Å²) in [7, 11) is 0. The Morgan fingerprint density at radius 1 is 0.909 bits per heavy atom. The molecule has 1 saturated heterocycles. The summed E-state index contributed by atoms with van der Waals surface area (Å²) >= 11 is 0. The van der Waals surface area contributed by atoms with Crippen molar-refractivity contribution >= 4 is 11.4 Å².